The van der Waals surface area contributed by atoms with Crippen molar-refractivity contribution in [2.75, 3.05) is 0 Å². The first-order valence-electron chi connectivity index (χ1n) is 15.0. The van der Waals surface area contributed by atoms with E-state index >= 15 is 35.1 Å². The van der Waals surface area contributed by atoms with Crippen molar-refractivity contribution in [1.29, 1.82) is 0 Å². The Labute approximate surface area is 312 Å². The van der Waals surface area contributed by atoms with Crippen LogP contribution in [0.15, 0.2) is 0 Å². The van der Waals surface area contributed by atoms with Crippen LogP contribution < -0.4 is 14.8 Å². The predicted octanol–water partition coefficient (Wildman–Crippen LogP) is 11.3. The minimum Gasteiger partial charge on any atom is -0.519 e. The van der Waals surface area contributed by atoms with E-state index in [-0.39, 0.29) is 0 Å². The van der Waals surface area contributed by atoms with Gasteiger partial charge in [-0.15, -0.1) is 0 Å². The molecule has 0 saturated carbocycles. The highest BCUT2D eigenvalue weighted by Gasteiger charge is 2.45. The molecule has 2 nitrogen and oxygen atoms in total. The lowest BCUT2D eigenvalue weighted by molar-refractivity contribution is 0.328. The highest BCUT2D eigenvalue weighted by Crippen LogP contribution is 2.47. The zero-order valence-electron chi connectivity index (χ0n) is 27.1. The maximum Gasteiger partial charge on any atom is 0.636 e. The van der Waals surface area contributed by atoms with Crippen LogP contribution in [0, 0.1) is 134 Å². The third-order valence-corrected chi connectivity index (χ3v) is 8.79. The largest absolute Gasteiger partial charge is 0.636 e. The van der Waals surface area contributed by atoms with Gasteiger partial charge in [-0.05, 0) is 0 Å². The van der Waals surface area contributed by atoms with E-state index in [2.05, 4.69) is 9.31 Å². The fourth-order valence-electron chi connectivity index (χ4n) is 6.19. The van der Waals surface area contributed by atoms with Gasteiger partial charge in [-0.2, -0.15) is 13.2 Å². The van der Waals surface area contributed by atoms with Gasteiger partial charge >= 0.3 is 7.12 Å². The van der Waals surface area contributed by atoms with Gasteiger partial charge in [0.25, 0.3) is 0 Å². The van der Waals surface area contributed by atoms with Crippen molar-refractivity contribution in [3.8, 4) is 22.6 Å². The normalized spacial score (nSPS) is 11.9. The molecule has 0 spiro atoms. The lowest BCUT2D eigenvalue weighted by Crippen LogP contribution is -2.47. The first-order valence-corrected chi connectivity index (χ1v) is 15.0. The van der Waals surface area contributed by atoms with Crippen molar-refractivity contribution < 1.29 is 110 Å². The van der Waals surface area contributed by atoms with Crippen molar-refractivity contribution in [3.05, 3.63) is 134 Å². The molecule has 0 aliphatic heterocycles. The molecule has 0 aliphatic carbocycles. The molecule has 0 aromatic heterocycles. The monoisotopic (exact) mass is 888 g/mol. The smallest absolute Gasteiger partial charge is 0.519 e. The van der Waals surface area contributed by atoms with Crippen LogP contribution in [0.4, 0.5) is 101 Å². The summed E-state index contributed by atoms with van der Waals surface area (Å²) in [7, 11) is -4.38. The molecule has 7 aromatic rings. The Bertz CT molecular complexity index is 3020. The van der Waals surface area contributed by atoms with Crippen molar-refractivity contribution >= 4 is 44.9 Å². The number of benzene rings is 7. The van der Waals surface area contributed by atoms with Gasteiger partial charge < -0.3 is 9.31 Å². The Balaban J connectivity index is 1.71. The van der Waals surface area contributed by atoms with Crippen molar-refractivity contribution in [2.24, 2.45) is 0 Å². The highest BCUT2D eigenvalue weighted by atomic mass is 19.2. The van der Waals surface area contributed by atoms with Crippen molar-refractivity contribution in [2.45, 2.75) is 0 Å². The molecule has 0 unspecified atom stereocenters. The summed E-state index contributed by atoms with van der Waals surface area (Å²) in [6, 6.07) is 0. The van der Waals surface area contributed by atoms with Gasteiger partial charge in [-0.1, -0.05) is 0 Å². The van der Waals surface area contributed by atoms with Gasteiger partial charge in [0.1, 0.15) is 0 Å². The third kappa shape index (κ3) is 5.33. The van der Waals surface area contributed by atoms with E-state index in [1.165, 1.54) is 0 Å². The molecule has 0 aliphatic rings. The van der Waals surface area contributed by atoms with Gasteiger partial charge in [0.05, 0.1) is 32.7 Å². The standard InChI is InChI=1S/C34BF23O2/c36-10-3-1-2-5(11(10)37)15(41)21(47)16(42)6(2)13(39)12(38)4(1)14(40)20(46)9(3)35(60-34-31(57)28(54)26(52)29(55)32(34)58)59-33-8(19(45)24(50)27(53)30(33)56)7-17(43)22(48)25(51)23(49)18(7)44. The molecule has 312 valence electrons. The molecule has 0 N–H and O–H groups in total. The lowest BCUT2D eigenvalue weighted by Gasteiger charge is -2.24. The summed E-state index contributed by atoms with van der Waals surface area (Å²) < 4.78 is 353. The summed E-state index contributed by atoms with van der Waals surface area (Å²) in [5.41, 5.74) is -8.52. The van der Waals surface area contributed by atoms with E-state index in [9.17, 15) is 65.9 Å². The summed E-state index contributed by atoms with van der Waals surface area (Å²) >= 11 is 0. The van der Waals surface area contributed by atoms with E-state index in [0.717, 1.165) is 0 Å². The zero-order valence-corrected chi connectivity index (χ0v) is 27.1. The van der Waals surface area contributed by atoms with E-state index in [1.54, 1.807) is 0 Å². The highest BCUT2D eigenvalue weighted by molar-refractivity contribution is 6.66. The summed E-state index contributed by atoms with van der Waals surface area (Å²) in [4.78, 5) is 0. The van der Waals surface area contributed by atoms with Crippen LogP contribution in [0.1, 0.15) is 0 Å². The second kappa shape index (κ2) is 13.9. The second-order valence-electron chi connectivity index (χ2n) is 11.9. The summed E-state index contributed by atoms with van der Waals surface area (Å²) in [6.07, 6.45) is 0. The maximum absolute atomic E-state index is 16.2. The second-order valence-corrected chi connectivity index (χ2v) is 11.9. The number of halogens is 23. The molecule has 0 radical (unpaired) electrons. The van der Waals surface area contributed by atoms with Crippen molar-refractivity contribution in [3.63, 3.8) is 0 Å². The summed E-state index contributed by atoms with van der Waals surface area (Å²) in [5.74, 6) is -77.2. The topological polar surface area (TPSA) is 18.5 Å². The van der Waals surface area contributed by atoms with E-state index in [0.29, 0.717) is 0 Å². The Morgan fingerprint density at radius 1 is 0.200 bits per heavy atom. The molecule has 7 rings (SSSR count). The lowest BCUT2D eigenvalue weighted by atomic mass is 9.72. The van der Waals surface area contributed by atoms with Crippen LogP contribution in [0.25, 0.3) is 43.4 Å². The van der Waals surface area contributed by atoms with Crippen LogP contribution in [-0.4, -0.2) is 7.12 Å². The first kappa shape index (κ1) is 41.8. The molecule has 26 heteroatoms. The minimum atomic E-state index is -4.38. The fourth-order valence-corrected chi connectivity index (χ4v) is 6.19. The summed E-state index contributed by atoms with van der Waals surface area (Å²) in [5, 5.41) is -13.5. The predicted molar refractivity (Wildman–Crippen MR) is 154 cm³/mol. The van der Waals surface area contributed by atoms with Crippen molar-refractivity contribution in [1.82, 2.24) is 0 Å². The van der Waals surface area contributed by atoms with Gasteiger partial charge in [0.15, 0.2) is 98.8 Å². The summed E-state index contributed by atoms with van der Waals surface area (Å²) in [6.45, 7) is 0. The third-order valence-electron chi connectivity index (χ3n) is 8.79. The molecule has 0 bridgehead atoms. The average Bonchev–Trinajstić information content (AvgIpc) is 3.21. The Hall–Kier alpha value is -6.37. The average molecular weight is 888 g/mol. The number of hydrogen-bond donors (Lipinski definition) is 0. The quantitative estimate of drug-likeness (QED) is 0.0545. The fraction of sp³-hybridized carbons (Fsp3) is 0. The minimum absolute atomic E-state index is 2.02. The number of rotatable bonds is 6. The maximum atomic E-state index is 16.2. The van der Waals surface area contributed by atoms with Crippen LogP contribution in [0.2, 0.25) is 0 Å². The van der Waals surface area contributed by atoms with Crippen LogP contribution in [-0.2, 0) is 0 Å². The molecule has 0 fully saturated rings. The molecule has 0 saturated heterocycles. The van der Waals surface area contributed by atoms with Crippen LogP contribution >= 0.6 is 0 Å². The molecular weight excluding hydrogens is 888 g/mol. The van der Waals surface area contributed by atoms with E-state index < -0.39 is 201 Å². The van der Waals surface area contributed by atoms with Gasteiger partial charge in [0, 0.05) is 16.2 Å². The molecule has 0 atom stereocenters. The van der Waals surface area contributed by atoms with Crippen LogP contribution in [0.3, 0.4) is 0 Å². The Kier molecular flexibility index (Phi) is 9.65. The molecule has 0 heterocycles. The molecule has 60 heavy (non-hydrogen) atoms. The molecule has 7 aromatic carbocycles. The Morgan fingerprint density at radius 3 is 0.867 bits per heavy atom. The van der Waals surface area contributed by atoms with Gasteiger partial charge in [0.2, 0.25) is 46.5 Å². The van der Waals surface area contributed by atoms with E-state index in [1.807, 2.05) is 0 Å². The zero-order chi connectivity index (χ0) is 44.6. The van der Waals surface area contributed by atoms with Gasteiger partial charge in [-0.25, -0.2) is 87.8 Å². The van der Waals surface area contributed by atoms with Crippen LogP contribution in [0.5, 0.6) is 11.5 Å². The first-order chi connectivity index (χ1) is 27.9. The molecular formula is C34BF23O2. The number of hydrogen-bond acceptors (Lipinski definition) is 2. The van der Waals surface area contributed by atoms with E-state index in [4.69, 9.17) is 0 Å². The SMILES string of the molecule is Fc1c(F)c(F)c(OB(Oc2c(F)c(F)c(F)c(F)c2-c2c(F)c(F)c(F)c(F)c2F)c2c(F)c(F)c3c(F)c(F)c4c(F)c(F)c(F)c5c(F)c(F)c2c3c45)c(F)c1F. The Morgan fingerprint density at radius 2 is 0.450 bits per heavy atom. The van der Waals surface area contributed by atoms with Gasteiger partial charge in [-0.3, -0.25) is 0 Å². The molecule has 0 amide bonds.